The second-order valence-corrected chi connectivity index (χ2v) is 5.07. The van der Waals surface area contributed by atoms with E-state index >= 15 is 0 Å². The third-order valence-electron chi connectivity index (χ3n) is 3.74. The first kappa shape index (κ1) is 12.0. The number of nitrogens with zero attached hydrogens (tertiary/aromatic N) is 2. The molecular weight excluding hydrogens is 240 g/mol. The van der Waals surface area contributed by atoms with E-state index in [1.54, 1.807) is 24.7 Å². The van der Waals surface area contributed by atoms with E-state index in [1.807, 2.05) is 6.07 Å². The van der Waals surface area contributed by atoms with Gasteiger partial charge in [0, 0.05) is 24.0 Å². The second kappa shape index (κ2) is 4.59. The van der Waals surface area contributed by atoms with Crippen LogP contribution in [0.15, 0.2) is 30.7 Å². The minimum Gasteiger partial charge on any atom is -0.324 e. The summed E-state index contributed by atoms with van der Waals surface area (Å²) in [6.45, 7) is 0. The standard InChI is InChI=1S/C14H16N4O/c15-14(5-1-2-6-14)13(19)18-12-4-8-17-11-3-7-16-9-10(11)12/h3-4,7-9H,1-2,5-6,15H2,(H,17,18,19). The molecule has 0 aliphatic heterocycles. The molecule has 1 amide bonds. The number of carbonyl (C=O) groups is 1. The minimum atomic E-state index is -0.724. The summed E-state index contributed by atoms with van der Waals surface area (Å²) in [5, 5.41) is 3.76. The zero-order chi connectivity index (χ0) is 13.3. The van der Waals surface area contributed by atoms with Crippen LogP contribution in [0.3, 0.4) is 0 Å². The van der Waals surface area contributed by atoms with E-state index in [0.717, 1.165) is 42.3 Å². The van der Waals surface area contributed by atoms with E-state index in [9.17, 15) is 4.79 Å². The molecule has 2 heterocycles. The Bertz CT molecular complexity index is 614. The highest BCUT2D eigenvalue weighted by Gasteiger charge is 2.37. The van der Waals surface area contributed by atoms with Gasteiger partial charge in [0.25, 0.3) is 0 Å². The van der Waals surface area contributed by atoms with Gasteiger partial charge in [-0.3, -0.25) is 14.8 Å². The minimum absolute atomic E-state index is 0.110. The van der Waals surface area contributed by atoms with Crippen LogP contribution in [0.2, 0.25) is 0 Å². The molecular formula is C14H16N4O. The van der Waals surface area contributed by atoms with Crippen LogP contribution in [0, 0.1) is 0 Å². The third kappa shape index (κ3) is 2.17. The molecule has 0 aromatic carbocycles. The van der Waals surface area contributed by atoms with E-state index in [4.69, 9.17) is 5.73 Å². The predicted octanol–water partition coefficient (Wildman–Crippen LogP) is 1.84. The molecule has 5 nitrogen and oxygen atoms in total. The van der Waals surface area contributed by atoms with Gasteiger partial charge < -0.3 is 11.1 Å². The summed E-state index contributed by atoms with van der Waals surface area (Å²) in [6.07, 6.45) is 8.60. The Balaban J connectivity index is 1.91. The summed E-state index contributed by atoms with van der Waals surface area (Å²) >= 11 is 0. The number of hydrogen-bond acceptors (Lipinski definition) is 4. The lowest BCUT2D eigenvalue weighted by Gasteiger charge is -2.22. The van der Waals surface area contributed by atoms with Crippen LogP contribution < -0.4 is 11.1 Å². The van der Waals surface area contributed by atoms with Crippen molar-refractivity contribution in [1.82, 2.24) is 9.97 Å². The number of aromatic nitrogens is 2. The molecule has 2 aromatic heterocycles. The van der Waals surface area contributed by atoms with Crippen LogP contribution in [-0.4, -0.2) is 21.4 Å². The van der Waals surface area contributed by atoms with E-state index in [1.165, 1.54) is 0 Å². The van der Waals surface area contributed by atoms with Crippen molar-refractivity contribution in [2.45, 2.75) is 31.2 Å². The molecule has 0 spiro atoms. The first-order valence-corrected chi connectivity index (χ1v) is 6.48. The van der Waals surface area contributed by atoms with Crippen molar-refractivity contribution in [1.29, 1.82) is 0 Å². The fourth-order valence-corrected chi connectivity index (χ4v) is 2.58. The number of hydrogen-bond donors (Lipinski definition) is 2. The number of amides is 1. The zero-order valence-electron chi connectivity index (χ0n) is 10.6. The Morgan fingerprint density at radius 3 is 2.84 bits per heavy atom. The highest BCUT2D eigenvalue weighted by molar-refractivity contribution is 6.04. The first-order chi connectivity index (χ1) is 9.19. The largest absolute Gasteiger partial charge is 0.324 e. The van der Waals surface area contributed by atoms with Gasteiger partial charge in [0.15, 0.2) is 0 Å². The Morgan fingerprint density at radius 1 is 1.26 bits per heavy atom. The molecule has 0 radical (unpaired) electrons. The van der Waals surface area contributed by atoms with Crippen LogP contribution in [0.5, 0.6) is 0 Å². The van der Waals surface area contributed by atoms with Crippen molar-refractivity contribution >= 4 is 22.5 Å². The van der Waals surface area contributed by atoms with Gasteiger partial charge in [-0.05, 0) is 25.0 Å². The normalized spacial score (nSPS) is 17.5. The number of pyridine rings is 2. The molecule has 1 aliphatic carbocycles. The maximum absolute atomic E-state index is 12.3. The van der Waals surface area contributed by atoms with Crippen LogP contribution in [0.4, 0.5) is 5.69 Å². The number of fused-ring (bicyclic) bond motifs is 1. The summed E-state index contributed by atoms with van der Waals surface area (Å²) in [5.74, 6) is -0.110. The van der Waals surface area contributed by atoms with E-state index in [2.05, 4.69) is 15.3 Å². The van der Waals surface area contributed by atoms with Gasteiger partial charge in [-0.1, -0.05) is 12.8 Å². The second-order valence-electron chi connectivity index (χ2n) is 5.07. The molecule has 2 aromatic rings. The maximum atomic E-state index is 12.3. The molecule has 0 saturated heterocycles. The van der Waals surface area contributed by atoms with Crippen molar-refractivity contribution in [3.05, 3.63) is 30.7 Å². The Labute approximate surface area is 111 Å². The van der Waals surface area contributed by atoms with Crippen molar-refractivity contribution < 1.29 is 4.79 Å². The molecule has 0 unspecified atom stereocenters. The Hall–Kier alpha value is -2.01. The molecule has 19 heavy (non-hydrogen) atoms. The third-order valence-corrected chi connectivity index (χ3v) is 3.74. The number of rotatable bonds is 2. The maximum Gasteiger partial charge on any atom is 0.244 e. The van der Waals surface area contributed by atoms with Crippen molar-refractivity contribution in [3.63, 3.8) is 0 Å². The summed E-state index contributed by atoms with van der Waals surface area (Å²) in [4.78, 5) is 20.6. The molecule has 1 saturated carbocycles. The van der Waals surface area contributed by atoms with Crippen molar-refractivity contribution in [3.8, 4) is 0 Å². The van der Waals surface area contributed by atoms with Crippen LogP contribution in [0.25, 0.3) is 10.9 Å². The van der Waals surface area contributed by atoms with Crippen LogP contribution in [0.1, 0.15) is 25.7 Å². The number of nitrogens with two attached hydrogens (primary N) is 1. The number of anilines is 1. The summed E-state index contributed by atoms with van der Waals surface area (Å²) in [6, 6.07) is 3.60. The smallest absolute Gasteiger partial charge is 0.244 e. The van der Waals surface area contributed by atoms with Crippen LogP contribution >= 0.6 is 0 Å². The van der Waals surface area contributed by atoms with Gasteiger partial charge >= 0.3 is 0 Å². The highest BCUT2D eigenvalue weighted by atomic mass is 16.2. The van der Waals surface area contributed by atoms with Crippen LogP contribution in [-0.2, 0) is 4.79 Å². The van der Waals surface area contributed by atoms with Crippen molar-refractivity contribution in [2.75, 3.05) is 5.32 Å². The average molecular weight is 256 g/mol. The molecule has 5 heteroatoms. The summed E-state index contributed by atoms with van der Waals surface area (Å²) < 4.78 is 0. The van der Waals surface area contributed by atoms with Gasteiger partial charge in [0.05, 0.1) is 16.7 Å². The highest BCUT2D eigenvalue weighted by Crippen LogP contribution is 2.29. The topological polar surface area (TPSA) is 80.9 Å². The molecule has 0 bridgehead atoms. The van der Waals surface area contributed by atoms with Gasteiger partial charge in [-0.25, -0.2) is 0 Å². The monoisotopic (exact) mass is 256 g/mol. The zero-order valence-corrected chi connectivity index (χ0v) is 10.6. The van der Waals surface area contributed by atoms with Gasteiger partial charge in [0.2, 0.25) is 5.91 Å². The summed E-state index contributed by atoms with van der Waals surface area (Å²) in [5.41, 5.74) is 6.96. The lowest BCUT2D eigenvalue weighted by molar-refractivity contribution is -0.120. The molecule has 0 atom stereocenters. The molecule has 98 valence electrons. The lowest BCUT2D eigenvalue weighted by Crippen LogP contribution is -2.48. The number of carbonyl (C=O) groups excluding carboxylic acids is 1. The summed E-state index contributed by atoms with van der Waals surface area (Å²) in [7, 11) is 0. The van der Waals surface area contributed by atoms with E-state index in [-0.39, 0.29) is 5.91 Å². The average Bonchev–Trinajstić information content (AvgIpc) is 2.87. The van der Waals surface area contributed by atoms with Gasteiger partial charge in [0.1, 0.15) is 0 Å². The molecule has 1 fully saturated rings. The first-order valence-electron chi connectivity index (χ1n) is 6.48. The van der Waals surface area contributed by atoms with E-state index in [0.29, 0.717) is 0 Å². The number of nitrogens with one attached hydrogen (secondary N) is 1. The van der Waals surface area contributed by atoms with Gasteiger partial charge in [-0.15, -0.1) is 0 Å². The fraction of sp³-hybridized carbons (Fsp3) is 0.357. The van der Waals surface area contributed by atoms with Gasteiger partial charge in [-0.2, -0.15) is 0 Å². The molecule has 3 N–H and O–H groups in total. The molecule has 1 aliphatic rings. The van der Waals surface area contributed by atoms with E-state index < -0.39 is 5.54 Å². The van der Waals surface area contributed by atoms with Crippen molar-refractivity contribution in [2.24, 2.45) is 5.73 Å². The SMILES string of the molecule is NC1(C(=O)Nc2ccnc3ccncc23)CCCC1. The molecule has 3 rings (SSSR count). The quantitative estimate of drug-likeness (QED) is 0.859. The Kier molecular flexibility index (Phi) is 2.91. The predicted molar refractivity (Wildman–Crippen MR) is 73.6 cm³/mol. The fourth-order valence-electron chi connectivity index (χ4n) is 2.58. The Morgan fingerprint density at radius 2 is 2.05 bits per heavy atom. The lowest BCUT2D eigenvalue weighted by atomic mass is 9.98.